The summed E-state index contributed by atoms with van der Waals surface area (Å²) in [6.45, 7) is 4.58. The van der Waals surface area contributed by atoms with E-state index in [-0.39, 0.29) is 10.8 Å². The quantitative estimate of drug-likeness (QED) is 0.766. The number of rotatable bonds is 1. The highest BCUT2D eigenvalue weighted by Crippen LogP contribution is 2.32. The molecule has 0 N–H and O–H groups in total. The second kappa shape index (κ2) is 4.30. The van der Waals surface area contributed by atoms with Gasteiger partial charge in [-0.3, -0.25) is 4.79 Å². The number of nitrogens with zero attached hydrogens (tertiary/aromatic N) is 1. The van der Waals surface area contributed by atoms with Gasteiger partial charge >= 0.3 is 0 Å². The molecular weight excluding hydrogens is 241 g/mol. The van der Waals surface area contributed by atoms with Crippen LogP contribution < -0.4 is 4.90 Å². The Hall–Kier alpha value is -1.09. The molecule has 1 aliphatic heterocycles. The Morgan fingerprint density at radius 2 is 2.12 bits per heavy atom. The molecule has 1 aromatic rings. The van der Waals surface area contributed by atoms with Crippen LogP contribution in [0.25, 0.3) is 0 Å². The summed E-state index contributed by atoms with van der Waals surface area (Å²) in [5.74, 6) is -0.222. The van der Waals surface area contributed by atoms with E-state index in [1.54, 1.807) is 12.1 Å². The Morgan fingerprint density at radius 1 is 1.41 bits per heavy atom. The molecule has 92 valence electrons. The van der Waals surface area contributed by atoms with E-state index in [1.807, 2.05) is 18.7 Å². The molecule has 1 aliphatic rings. The Bertz CT molecular complexity index is 459. The van der Waals surface area contributed by atoms with Crippen LogP contribution in [0.5, 0.6) is 0 Å². The summed E-state index contributed by atoms with van der Waals surface area (Å²) in [5, 5.41) is 0.0938. The fourth-order valence-electron chi connectivity index (χ4n) is 2.24. The van der Waals surface area contributed by atoms with Gasteiger partial charge in [0.1, 0.15) is 5.82 Å². The van der Waals surface area contributed by atoms with Crippen LogP contribution in [0, 0.1) is 5.82 Å². The maximum absolute atomic E-state index is 13.1. The highest BCUT2D eigenvalue weighted by molar-refractivity contribution is 6.31. The van der Waals surface area contributed by atoms with Crippen LogP contribution in [0.1, 0.15) is 26.7 Å². The Kier molecular flexibility index (Phi) is 3.13. The summed E-state index contributed by atoms with van der Waals surface area (Å²) in [7, 11) is 0. The first-order chi connectivity index (χ1) is 7.93. The average molecular weight is 256 g/mol. The normalized spacial score (nSPS) is 19.5. The van der Waals surface area contributed by atoms with Crippen molar-refractivity contribution in [2.45, 2.75) is 32.2 Å². The molecule has 1 saturated heterocycles. The van der Waals surface area contributed by atoms with E-state index in [4.69, 9.17) is 11.6 Å². The van der Waals surface area contributed by atoms with Gasteiger partial charge in [0.15, 0.2) is 5.78 Å². The van der Waals surface area contributed by atoms with Crippen molar-refractivity contribution in [3.63, 3.8) is 0 Å². The van der Waals surface area contributed by atoms with Gasteiger partial charge in [-0.2, -0.15) is 0 Å². The monoisotopic (exact) mass is 255 g/mol. The lowest BCUT2D eigenvalue weighted by Gasteiger charge is -2.42. The molecule has 0 aliphatic carbocycles. The third kappa shape index (κ3) is 2.16. The largest absolute Gasteiger partial charge is 0.359 e. The van der Waals surface area contributed by atoms with E-state index in [0.29, 0.717) is 6.42 Å². The summed E-state index contributed by atoms with van der Waals surface area (Å²) >= 11 is 5.78. The molecule has 1 aromatic carbocycles. The van der Waals surface area contributed by atoms with Gasteiger partial charge in [0.05, 0.1) is 10.6 Å². The van der Waals surface area contributed by atoms with Crippen molar-refractivity contribution in [2.24, 2.45) is 0 Å². The van der Waals surface area contributed by atoms with Crippen LogP contribution in [0.2, 0.25) is 5.02 Å². The number of Topliss-reactive ketones (excluding diaryl/α,β-unsaturated/α-hetero) is 1. The van der Waals surface area contributed by atoms with Gasteiger partial charge in [0.2, 0.25) is 0 Å². The molecule has 1 fully saturated rings. The third-order valence-electron chi connectivity index (χ3n) is 3.36. The van der Waals surface area contributed by atoms with E-state index < -0.39 is 11.4 Å². The first-order valence-electron chi connectivity index (χ1n) is 5.69. The fourth-order valence-corrected chi connectivity index (χ4v) is 2.41. The highest BCUT2D eigenvalue weighted by atomic mass is 35.5. The molecule has 0 bridgehead atoms. The number of ketones is 1. The molecule has 0 aromatic heterocycles. The molecule has 0 spiro atoms. The van der Waals surface area contributed by atoms with Gasteiger partial charge < -0.3 is 4.90 Å². The van der Waals surface area contributed by atoms with Crippen LogP contribution in [-0.2, 0) is 4.79 Å². The molecule has 1 heterocycles. The molecule has 17 heavy (non-hydrogen) atoms. The van der Waals surface area contributed by atoms with Gasteiger partial charge in [0.25, 0.3) is 0 Å². The Labute approximate surface area is 105 Å². The lowest BCUT2D eigenvalue weighted by molar-refractivity contribution is -0.124. The number of carbonyl (C=O) groups is 1. The average Bonchev–Trinajstić information content (AvgIpc) is 2.26. The number of carbonyl (C=O) groups excluding carboxylic acids is 1. The van der Waals surface area contributed by atoms with E-state index in [0.717, 1.165) is 18.7 Å². The lowest BCUT2D eigenvalue weighted by atomic mass is 9.88. The van der Waals surface area contributed by atoms with Crippen LogP contribution in [0.4, 0.5) is 10.1 Å². The van der Waals surface area contributed by atoms with Crippen molar-refractivity contribution < 1.29 is 9.18 Å². The lowest BCUT2D eigenvalue weighted by Crippen LogP contribution is -2.54. The van der Waals surface area contributed by atoms with E-state index in [2.05, 4.69) is 0 Å². The molecule has 0 amide bonds. The summed E-state index contributed by atoms with van der Waals surface area (Å²) < 4.78 is 13.1. The summed E-state index contributed by atoms with van der Waals surface area (Å²) in [5.41, 5.74) is 0.258. The van der Waals surface area contributed by atoms with Crippen LogP contribution in [0.3, 0.4) is 0 Å². The minimum atomic E-state index is -0.542. The first-order valence-corrected chi connectivity index (χ1v) is 6.07. The van der Waals surface area contributed by atoms with Crippen molar-refractivity contribution in [1.82, 2.24) is 0 Å². The predicted molar refractivity (Wildman–Crippen MR) is 67.1 cm³/mol. The molecule has 0 atom stereocenters. The zero-order valence-electron chi connectivity index (χ0n) is 9.96. The van der Waals surface area contributed by atoms with Crippen molar-refractivity contribution in [3.05, 3.63) is 29.0 Å². The minimum Gasteiger partial charge on any atom is -0.359 e. The highest BCUT2D eigenvalue weighted by Gasteiger charge is 2.37. The number of anilines is 1. The van der Waals surface area contributed by atoms with Gasteiger partial charge in [-0.15, -0.1) is 0 Å². The van der Waals surface area contributed by atoms with Crippen LogP contribution >= 0.6 is 11.6 Å². The Balaban J connectivity index is 2.38. The molecule has 4 heteroatoms. The fraction of sp³-hybridized carbons (Fsp3) is 0.462. The molecule has 0 unspecified atom stereocenters. The van der Waals surface area contributed by atoms with Gasteiger partial charge in [-0.25, -0.2) is 4.39 Å². The second-order valence-electron chi connectivity index (χ2n) is 4.84. The molecular formula is C13H15ClFNO. The Morgan fingerprint density at radius 3 is 2.76 bits per heavy atom. The number of piperidine rings is 1. The summed E-state index contributed by atoms with van der Waals surface area (Å²) in [6, 6.07) is 4.59. The number of hydrogen-bond donors (Lipinski definition) is 0. The topological polar surface area (TPSA) is 20.3 Å². The standard InChI is InChI=1S/C13H15ClFNO/c1-13(2)12(17)4-3-7-16(13)9-5-6-11(15)10(14)8-9/h5-6,8H,3-4,7H2,1-2H3. The molecule has 0 saturated carbocycles. The summed E-state index contributed by atoms with van der Waals surface area (Å²) in [6.07, 6.45) is 1.44. The van der Waals surface area contributed by atoms with Crippen LogP contribution in [-0.4, -0.2) is 17.9 Å². The first kappa shape index (κ1) is 12.4. The number of halogens is 2. The van der Waals surface area contributed by atoms with Gasteiger partial charge in [-0.1, -0.05) is 11.6 Å². The maximum atomic E-state index is 13.1. The molecule has 2 nitrogen and oxygen atoms in total. The van der Waals surface area contributed by atoms with Crippen molar-refractivity contribution in [1.29, 1.82) is 0 Å². The van der Waals surface area contributed by atoms with E-state index >= 15 is 0 Å². The number of benzene rings is 1. The van der Waals surface area contributed by atoms with Gasteiger partial charge in [0, 0.05) is 18.7 Å². The van der Waals surface area contributed by atoms with E-state index in [9.17, 15) is 9.18 Å². The van der Waals surface area contributed by atoms with Gasteiger partial charge in [-0.05, 0) is 38.5 Å². The van der Waals surface area contributed by atoms with Crippen molar-refractivity contribution >= 4 is 23.1 Å². The SMILES string of the molecule is CC1(C)C(=O)CCCN1c1ccc(F)c(Cl)c1. The third-order valence-corrected chi connectivity index (χ3v) is 3.65. The maximum Gasteiger partial charge on any atom is 0.157 e. The zero-order chi connectivity index (χ0) is 12.6. The molecule has 0 radical (unpaired) electrons. The summed E-state index contributed by atoms with van der Waals surface area (Å²) in [4.78, 5) is 13.9. The minimum absolute atomic E-state index is 0.0938. The van der Waals surface area contributed by atoms with Crippen molar-refractivity contribution in [2.75, 3.05) is 11.4 Å². The molecule has 2 rings (SSSR count). The predicted octanol–water partition coefficient (Wildman–Crippen LogP) is 3.43. The van der Waals surface area contributed by atoms with Crippen LogP contribution in [0.15, 0.2) is 18.2 Å². The number of hydrogen-bond acceptors (Lipinski definition) is 2. The zero-order valence-corrected chi connectivity index (χ0v) is 10.7. The second-order valence-corrected chi connectivity index (χ2v) is 5.24. The van der Waals surface area contributed by atoms with E-state index in [1.165, 1.54) is 6.07 Å². The van der Waals surface area contributed by atoms with Crippen molar-refractivity contribution in [3.8, 4) is 0 Å². The smallest absolute Gasteiger partial charge is 0.157 e.